The number of hydrogen-bond donors (Lipinski definition) is 0. The van der Waals surface area contributed by atoms with Gasteiger partial charge in [0.25, 0.3) is 0 Å². The van der Waals surface area contributed by atoms with Crippen LogP contribution in [0, 0.1) is 5.41 Å². The molecule has 2 aliphatic rings. The molecule has 2 aromatic carbocycles. The molecule has 1 saturated carbocycles. The Balaban J connectivity index is 1.72. The Morgan fingerprint density at radius 3 is 2.31 bits per heavy atom. The zero-order valence-electron chi connectivity index (χ0n) is 17.0. The zero-order chi connectivity index (χ0) is 20.5. The first-order chi connectivity index (χ1) is 13.9. The van der Waals surface area contributed by atoms with Crippen molar-refractivity contribution in [3.63, 3.8) is 0 Å². The molecule has 1 aliphatic carbocycles. The molecule has 6 heteroatoms. The Kier molecular flexibility index (Phi) is 3.66. The van der Waals surface area contributed by atoms with E-state index in [0.29, 0.717) is 39.3 Å². The topological polar surface area (TPSA) is 67.1 Å². The molecule has 2 atom stereocenters. The maximum absolute atomic E-state index is 13.4. The predicted molar refractivity (Wildman–Crippen MR) is 109 cm³/mol. The van der Waals surface area contributed by atoms with Gasteiger partial charge in [-0.3, -0.25) is 4.79 Å². The van der Waals surface area contributed by atoms with Gasteiger partial charge in [0, 0.05) is 28.5 Å². The van der Waals surface area contributed by atoms with Crippen molar-refractivity contribution in [3.8, 4) is 34.1 Å². The van der Waals surface area contributed by atoms with Crippen molar-refractivity contribution in [2.75, 3.05) is 21.3 Å². The number of rotatable bonds is 4. The molecule has 1 aliphatic heterocycles. The quantitative estimate of drug-likeness (QED) is 0.655. The van der Waals surface area contributed by atoms with Gasteiger partial charge in [0.1, 0.15) is 29.4 Å². The van der Waals surface area contributed by atoms with Crippen molar-refractivity contribution in [2.45, 2.75) is 25.9 Å². The monoisotopic (exact) mass is 394 g/mol. The molecule has 0 radical (unpaired) electrons. The summed E-state index contributed by atoms with van der Waals surface area (Å²) in [5, 5.41) is 0.532. The molecule has 1 fully saturated rings. The highest BCUT2D eigenvalue weighted by Gasteiger charge is 2.66. The molecule has 150 valence electrons. The number of benzene rings is 2. The Morgan fingerprint density at radius 2 is 1.62 bits per heavy atom. The molecule has 1 aromatic heterocycles. The van der Waals surface area contributed by atoms with E-state index in [9.17, 15) is 4.79 Å². The standard InChI is InChI=1S/C23H22O6/c1-23(2)19-18-14(29-22(19)23)7-6-11-20(24)13(10-28-21(11)18)12-8-16(26-4)17(27-5)9-15(12)25-3/h6-10,19,22H,1-5H3/t19-,22+/m0/s1. The SMILES string of the molecule is COc1cc(OC)c(-c2coc3c4c(ccc3c2=O)O[C@@H]2[C@H]4C2(C)C)cc1OC. The lowest BCUT2D eigenvalue weighted by Gasteiger charge is -2.15. The number of fused-ring (bicyclic) bond motifs is 5. The fourth-order valence-electron chi connectivity index (χ4n) is 4.50. The normalized spacial score (nSPS) is 20.6. The predicted octanol–water partition coefficient (Wildman–Crippen LogP) is 4.37. The van der Waals surface area contributed by atoms with E-state index in [1.165, 1.54) is 6.26 Å². The van der Waals surface area contributed by atoms with Crippen LogP contribution in [0.5, 0.6) is 23.0 Å². The molecule has 29 heavy (non-hydrogen) atoms. The van der Waals surface area contributed by atoms with Gasteiger partial charge in [-0.25, -0.2) is 0 Å². The second-order valence-corrected chi connectivity index (χ2v) is 8.08. The molecule has 5 rings (SSSR count). The van der Waals surface area contributed by atoms with Crippen LogP contribution in [0.15, 0.2) is 39.7 Å². The average molecular weight is 394 g/mol. The second-order valence-electron chi connectivity index (χ2n) is 8.08. The fraction of sp³-hybridized carbons (Fsp3) is 0.348. The van der Waals surface area contributed by atoms with Crippen LogP contribution in [-0.4, -0.2) is 27.4 Å². The van der Waals surface area contributed by atoms with Crippen LogP contribution < -0.4 is 24.4 Å². The Morgan fingerprint density at radius 1 is 0.931 bits per heavy atom. The van der Waals surface area contributed by atoms with Crippen molar-refractivity contribution in [3.05, 3.63) is 46.3 Å². The fourth-order valence-corrected chi connectivity index (χ4v) is 4.50. The molecule has 0 bridgehead atoms. The van der Waals surface area contributed by atoms with E-state index in [1.807, 2.05) is 6.07 Å². The Hall–Kier alpha value is -3.15. The van der Waals surface area contributed by atoms with Crippen LogP contribution >= 0.6 is 0 Å². The van der Waals surface area contributed by atoms with Gasteiger partial charge >= 0.3 is 0 Å². The summed E-state index contributed by atoms with van der Waals surface area (Å²) in [5.41, 5.74) is 2.53. The minimum Gasteiger partial charge on any atom is -0.496 e. The summed E-state index contributed by atoms with van der Waals surface area (Å²) in [7, 11) is 4.65. The lowest BCUT2D eigenvalue weighted by molar-refractivity contribution is 0.266. The van der Waals surface area contributed by atoms with Crippen LogP contribution in [0.2, 0.25) is 0 Å². The summed E-state index contributed by atoms with van der Waals surface area (Å²) in [6.45, 7) is 4.34. The lowest BCUT2D eigenvalue weighted by Crippen LogP contribution is -2.09. The van der Waals surface area contributed by atoms with Crippen molar-refractivity contribution in [1.82, 2.24) is 0 Å². The van der Waals surface area contributed by atoms with Gasteiger partial charge in [0.2, 0.25) is 5.43 Å². The van der Waals surface area contributed by atoms with Gasteiger partial charge in [-0.1, -0.05) is 13.8 Å². The van der Waals surface area contributed by atoms with Gasteiger partial charge in [-0.15, -0.1) is 0 Å². The van der Waals surface area contributed by atoms with E-state index < -0.39 is 0 Å². The molecule has 6 nitrogen and oxygen atoms in total. The van der Waals surface area contributed by atoms with Crippen LogP contribution in [0.3, 0.4) is 0 Å². The van der Waals surface area contributed by atoms with E-state index in [2.05, 4.69) is 13.8 Å². The first-order valence-electron chi connectivity index (χ1n) is 9.47. The van der Waals surface area contributed by atoms with Gasteiger partial charge in [-0.05, 0) is 18.2 Å². The third kappa shape index (κ3) is 2.32. The first-order valence-corrected chi connectivity index (χ1v) is 9.47. The number of ether oxygens (including phenoxy) is 4. The van der Waals surface area contributed by atoms with Crippen LogP contribution in [0.4, 0.5) is 0 Å². The number of methoxy groups -OCH3 is 3. The van der Waals surface area contributed by atoms with Gasteiger partial charge < -0.3 is 23.4 Å². The highest BCUT2D eigenvalue weighted by Crippen LogP contribution is 2.67. The molecule has 0 spiro atoms. The third-order valence-corrected chi connectivity index (χ3v) is 6.23. The first kappa shape index (κ1) is 17.9. The van der Waals surface area contributed by atoms with E-state index in [4.69, 9.17) is 23.4 Å². The van der Waals surface area contributed by atoms with Gasteiger partial charge in [0.05, 0.1) is 32.3 Å². The molecule has 0 unspecified atom stereocenters. The largest absolute Gasteiger partial charge is 0.496 e. The van der Waals surface area contributed by atoms with Crippen LogP contribution in [0.25, 0.3) is 22.1 Å². The van der Waals surface area contributed by atoms with E-state index in [0.717, 1.165) is 11.3 Å². The number of hydrogen-bond acceptors (Lipinski definition) is 6. The van der Waals surface area contributed by atoms with Crippen LogP contribution in [-0.2, 0) is 0 Å². The van der Waals surface area contributed by atoms with E-state index in [1.54, 1.807) is 39.5 Å². The van der Waals surface area contributed by atoms with Crippen molar-refractivity contribution in [1.29, 1.82) is 0 Å². The summed E-state index contributed by atoms with van der Waals surface area (Å²) < 4.78 is 28.3. The molecule has 0 saturated heterocycles. The smallest absolute Gasteiger partial charge is 0.200 e. The lowest BCUT2D eigenvalue weighted by atomic mass is 9.98. The van der Waals surface area contributed by atoms with Crippen LogP contribution in [0.1, 0.15) is 25.3 Å². The Labute approximate surface area is 167 Å². The zero-order valence-corrected chi connectivity index (χ0v) is 17.0. The average Bonchev–Trinajstić information content (AvgIpc) is 3.06. The minimum absolute atomic E-state index is 0.0606. The highest BCUT2D eigenvalue weighted by atomic mass is 16.5. The summed E-state index contributed by atoms with van der Waals surface area (Å²) >= 11 is 0. The second kappa shape index (κ2) is 5.92. The maximum Gasteiger partial charge on any atom is 0.200 e. The molecule has 0 amide bonds. The van der Waals surface area contributed by atoms with Crippen molar-refractivity contribution in [2.24, 2.45) is 5.41 Å². The summed E-state index contributed by atoms with van der Waals surface area (Å²) in [6.07, 6.45) is 1.65. The molecule has 2 heterocycles. The van der Waals surface area contributed by atoms with Crippen molar-refractivity contribution >= 4 is 11.0 Å². The molecular weight excluding hydrogens is 372 g/mol. The van der Waals surface area contributed by atoms with E-state index >= 15 is 0 Å². The molecule has 3 aromatic rings. The summed E-state index contributed by atoms with van der Waals surface area (Å²) in [5.74, 6) is 2.60. The van der Waals surface area contributed by atoms with Gasteiger partial charge in [0.15, 0.2) is 11.5 Å². The van der Waals surface area contributed by atoms with Gasteiger partial charge in [-0.2, -0.15) is 0 Å². The third-order valence-electron chi connectivity index (χ3n) is 6.23. The summed E-state index contributed by atoms with van der Waals surface area (Å²) in [6, 6.07) is 7.07. The Bertz CT molecular complexity index is 1210. The molecule has 0 N–H and O–H groups in total. The summed E-state index contributed by atoms with van der Waals surface area (Å²) in [4.78, 5) is 13.4. The maximum atomic E-state index is 13.4. The van der Waals surface area contributed by atoms with Crippen molar-refractivity contribution < 1.29 is 23.4 Å². The highest BCUT2D eigenvalue weighted by molar-refractivity contribution is 5.88. The molecular formula is C23H22O6. The van der Waals surface area contributed by atoms with E-state index in [-0.39, 0.29) is 22.9 Å². The minimum atomic E-state index is -0.124.